The Morgan fingerprint density at radius 2 is 2.10 bits per heavy atom. The minimum Gasteiger partial charge on any atom is -0.497 e. The van der Waals surface area contributed by atoms with Gasteiger partial charge in [-0.3, -0.25) is 14.7 Å². The number of nitrogens with one attached hydrogen (secondary N) is 1. The number of aromatic nitrogens is 2. The van der Waals surface area contributed by atoms with Crippen LogP contribution in [0.25, 0.3) is 0 Å². The average Bonchev–Trinajstić information content (AvgIpc) is 3.33. The fraction of sp³-hybridized carbons (Fsp3) is 0.348. The maximum absolute atomic E-state index is 12.8. The number of benzene rings is 1. The lowest BCUT2D eigenvalue weighted by Gasteiger charge is -2.36. The molecular weight excluding hydrogens is 396 g/mol. The van der Waals surface area contributed by atoms with Crippen LogP contribution in [0.5, 0.6) is 5.75 Å². The van der Waals surface area contributed by atoms with E-state index in [4.69, 9.17) is 4.74 Å². The van der Waals surface area contributed by atoms with E-state index in [0.29, 0.717) is 11.6 Å². The monoisotopic (exact) mass is 422 g/mol. The number of carbonyl (C=O) groups is 1. The van der Waals surface area contributed by atoms with Gasteiger partial charge in [0.1, 0.15) is 16.5 Å². The number of likely N-dealkylation sites (tertiary alicyclic amines) is 1. The first-order valence-electron chi connectivity index (χ1n) is 10.2. The summed E-state index contributed by atoms with van der Waals surface area (Å²) in [6.07, 6.45) is 5.61. The molecule has 0 aliphatic carbocycles. The molecule has 30 heavy (non-hydrogen) atoms. The fourth-order valence-corrected chi connectivity index (χ4v) is 4.76. The lowest BCUT2D eigenvalue weighted by atomic mass is 9.90. The molecule has 1 aromatic carbocycles. The molecule has 1 amide bonds. The highest BCUT2D eigenvalue weighted by atomic mass is 32.1. The molecule has 1 aliphatic heterocycles. The molecular formula is C23H26N4O2S. The number of hydrogen-bond acceptors (Lipinski definition) is 6. The largest absolute Gasteiger partial charge is 0.497 e. The molecule has 0 saturated carbocycles. The molecule has 3 aromatic rings. The van der Waals surface area contributed by atoms with Gasteiger partial charge in [0.15, 0.2) is 0 Å². The second-order valence-corrected chi connectivity index (χ2v) is 8.45. The van der Waals surface area contributed by atoms with Gasteiger partial charge in [-0.1, -0.05) is 18.2 Å². The van der Waals surface area contributed by atoms with Gasteiger partial charge in [-0.05, 0) is 55.1 Å². The van der Waals surface area contributed by atoms with Crippen molar-refractivity contribution >= 4 is 17.2 Å². The van der Waals surface area contributed by atoms with E-state index in [9.17, 15) is 4.79 Å². The number of pyridine rings is 1. The predicted molar refractivity (Wildman–Crippen MR) is 118 cm³/mol. The molecule has 156 valence electrons. The summed E-state index contributed by atoms with van der Waals surface area (Å²) in [5.41, 5.74) is 1.70. The Kier molecular flexibility index (Phi) is 6.71. The SMILES string of the molecule is COc1ccc(CN2CCC[C@H]([C@@H](NC(=O)c3ccccn3)c3nccs3)C2)cc1. The van der Waals surface area contributed by atoms with Crippen LogP contribution in [0, 0.1) is 5.92 Å². The van der Waals surface area contributed by atoms with Crippen LogP contribution in [0.3, 0.4) is 0 Å². The van der Waals surface area contributed by atoms with Crippen molar-refractivity contribution in [2.75, 3.05) is 20.2 Å². The van der Waals surface area contributed by atoms with E-state index in [1.54, 1.807) is 36.9 Å². The fourth-order valence-electron chi connectivity index (χ4n) is 3.98. The van der Waals surface area contributed by atoms with Crippen molar-refractivity contribution in [3.05, 3.63) is 76.5 Å². The number of piperidine rings is 1. The molecule has 6 nitrogen and oxygen atoms in total. The van der Waals surface area contributed by atoms with Gasteiger partial charge in [0, 0.05) is 30.9 Å². The zero-order valence-electron chi connectivity index (χ0n) is 17.0. The first-order chi connectivity index (χ1) is 14.7. The molecule has 1 aliphatic rings. The summed E-state index contributed by atoms with van der Waals surface area (Å²) in [5.74, 6) is 1.02. The third kappa shape index (κ3) is 5.04. The molecule has 0 unspecified atom stereocenters. The molecule has 3 heterocycles. The van der Waals surface area contributed by atoms with E-state index < -0.39 is 0 Å². The normalized spacial score (nSPS) is 18.0. The highest BCUT2D eigenvalue weighted by Crippen LogP contribution is 2.32. The summed E-state index contributed by atoms with van der Waals surface area (Å²) in [6.45, 7) is 2.86. The maximum atomic E-state index is 12.8. The van der Waals surface area contributed by atoms with Crippen molar-refractivity contribution < 1.29 is 9.53 Å². The molecule has 1 saturated heterocycles. The van der Waals surface area contributed by atoms with Crippen molar-refractivity contribution in [2.45, 2.75) is 25.4 Å². The molecule has 2 atom stereocenters. The van der Waals surface area contributed by atoms with Crippen LogP contribution in [0.4, 0.5) is 0 Å². The lowest BCUT2D eigenvalue weighted by molar-refractivity contribution is 0.0873. The highest BCUT2D eigenvalue weighted by Gasteiger charge is 2.31. The molecule has 7 heteroatoms. The smallest absolute Gasteiger partial charge is 0.270 e. The topological polar surface area (TPSA) is 67.3 Å². The van der Waals surface area contributed by atoms with Crippen molar-refractivity contribution in [1.82, 2.24) is 20.2 Å². The summed E-state index contributed by atoms with van der Waals surface area (Å²) < 4.78 is 5.26. The van der Waals surface area contributed by atoms with Gasteiger partial charge in [-0.2, -0.15) is 0 Å². The number of carbonyl (C=O) groups excluding carboxylic acids is 1. The summed E-state index contributed by atoms with van der Waals surface area (Å²) >= 11 is 1.59. The summed E-state index contributed by atoms with van der Waals surface area (Å²) in [7, 11) is 1.68. The molecule has 2 aromatic heterocycles. The van der Waals surface area contributed by atoms with Gasteiger partial charge in [0.05, 0.1) is 13.2 Å². The van der Waals surface area contributed by atoms with Crippen LogP contribution in [0.2, 0.25) is 0 Å². The van der Waals surface area contributed by atoms with Gasteiger partial charge in [0.2, 0.25) is 0 Å². The Morgan fingerprint density at radius 3 is 2.80 bits per heavy atom. The molecule has 1 N–H and O–H groups in total. The Morgan fingerprint density at radius 1 is 1.23 bits per heavy atom. The predicted octanol–water partition coefficient (Wildman–Crippen LogP) is 3.93. The van der Waals surface area contributed by atoms with Crippen LogP contribution in [0.15, 0.2) is 60.2 Å². The number of nitrogens with zero attached hydrogens (tertiary/aromatic N) is 3. The average molecular weight is 423 g/mol. The van der Waals surface area contributed by atoms with E-state index >= 15 is 0 Å². The number of amides is 1. The van der Waals surface area contributed by atoms with Gasteiger partial charge in [-0.25, -0.2) is 4.98 Å². The van der Waals surface area contributed by atoms with Crippen LogP contribution < -0.4 is 10.1 Å². The standard InChI is InChI=1S/C23H26N4O2S/c1-29-19-9-7-17(8-10-19)15-27-13-4-5-18(16-27)21(23-25-12-14-30-23)26-22(28)20-6-2-3-11-24-20/h2-3,6-12,14,18,21H,4-5,13,15-16H2,1H3,(H,26,28)/t18-,21+/m0/s1. The van der Waals surface area contributed by atoms with E-state index in [-0.39, 0.29) is 11.9 Å². The summed E-state index contributed by atoms with van der Waals surface area (Å²) in [4.78, 5) is 24.0. The molecule has 1 fully saturated rings. The Labute approximate surface area is 180 Å². The van der Waals surface area contributed by atoms with Gasteiger partial charge in [0.25, 0.3) is 5.91 Å². The van der Waals surface area contributed by atoms with Crippen molar-refractivity contribution in [1.29, 1.82) is 0 Å². The Hall–Kier alpha value is -2.77. The minimum atomic E-state index is -0.150. The van der Waals surface area contributed by atoms with E-state index in [2.05, 4.69) is 32.3 Å². The van der Waals surface area contributed by atoms with E-state index in [1.165, 1.54) is 5.56 Å². The first kappa shape index (κ1) is 20.5. The number of hydrogen-bond donors (Lipinski definition) is 1. The van der Waals surface area contributed by atoms with Crippen LogP contribution >= 0.6 is 11.3 Å². The third-order valence-electron chi connectivity index (χ3n) is 5.48. The van der Waals surface area contributed by atoms with Crippen LogP contribution in [-0.2, 0) is 6.54 Å². The zero-order chi connectivity index (χ0) is 20.8. The summed E-state index contributed by atoms with van der Waals surface area (Å²) in [5, 5.41) is 6.13. The number of methoxy groups -OCH3 is 1. The number of thiazole rings is 1. The second-order valence-electron chi connectivity index (χ2n) is 7.52. The number of rotatable bonds is 7. The van der Waals surface area contributed by atoms with Crippen LogP contribution in [-0.4, -0.2) is 41.0 Å². The van der Waals surface area contributed by atoms with Gasteiger partial charge < -0.3 is 10.1 Å². The Balaban J connectivity index is 1.46. The molecule has 4 rings (SSSR count). The van der Waals surface area contributed by atoms with Gasteiger partial charge >= 0.3 is 0 Å². The highest BCUT2D eigenvalue weighted by molar-refractivity contribution is 7.09. The van der Waals surface area contributed by atoms with E-state index in [1.807, 2.05) is 29.6 Å². The van der Waals surface area contributed by atoms with Crippen molar-refractivity contribution in [2.24, 2.45) is 5.92 Å². The zero-order valence-corrected chi connectivity index (χ0v) is 17.8. The lowest BCUT2D eigenvalue weighted by Crippen LogP contribution is -2.42. The second kappa shape index (κ2) is 9.82. The maximum Gasteiger partial charge on any atom is 0.270 e. The molecule has 0 radical (unpaired) electrons. The molecule has 0 bridgehead atoms. The first-order valence-corrected chi connectivity index (χ1v) is 11.1. The number of ether oxygens (including phenoxy) is 1. The Bertz CT molecular complexity index is 932. The van der Waals surface area contributed by atoms with Crippen molar-refractivity contribution in [3.63, 3.8) is 0 Å². The minimum absolute atomic E-state index is 0.113. The molecule has 0 spiro atoms. The third-order valence-corrected chi connectivity index (χ3v) is 6.34. The van der Waals surface area contributed by atoms with E-state index in [0.717, 1.165) is 43.2 Å². The summed E-state index contributed by atoms with van der Waals surface area (Å²) in [6, 6.07) is 13.5. The van der Waals surface area contributed by atoms with Crippen LogP contribution in [0.1, 0.15) is 39.9 Å². The van der Waals surface area contributed by atoms with Crippen molar-refractivity contribution in [3.8, 4) is 5.75 Å². The van der Waals surface area contributed by atoms with Gasteiger partial charge in [-0.15, -0.1) is 11.3 Å². The quantitative estimate of drug-likeness (QED) is 0.625.